The lowest BCUT2D eigenvalue weighted by Crippen LogP contribution is -2.44. The number of benzene rings is 2. The molecule has 0 radical (unpaired) electrons. The molecule has 1 N–H and O–H groups in total. The maximum absolute atomic E-state index is 13.5. The second-order valence-corrected chi connectivity index (χ2v) is 8.62. The Bertz CT molecular complexity index is 1170. The van der Waals surface area contributed by atoms with E-state index in [2.05, 4.69) is 32.3 Å². The summed E-state index contributed by atoms with van der Waals surface area (Å²) in [5.41, 5.74) is 2.27. The highest BCUT2D eigenvalue weighted by atomic mass is 79.9. The summed E-state index contributed by atoms with van der Waals surface area (Å²) in [5, 5.41) is 12.3. The fraction of sp³-hybridized carbons (Fsp3) is 0.240. The molecule has 0 unspecified atom stereocenters. The number of hydrogen-bond acceptors (Lipinski definition) is 5. The number of rotatable bonds is 5. The van der Waals surface area contributed by atoms with Crippen LogP contribution in [0.25, 0.3) is 0 Å². The second-order valence-electron chi connectivity index (χ2n) is 7.70. The van der Waals surface area contributed by atoms with Crippen LogP contribution in [0.3, 0.4) is 0 Å². The van der Waals surface area contributed by atoms with Crippen LogP contribution >= 0.6 is 15.9 Å². The lowest BCUT2D eigenvalue weighted by atomic mass is 9.73. The zero-order valence-corrected chi connectivity index (χ0v) is 19.2. The minimum atomic E-state index is -0.643. The molecule has 6 nitrogen and oxygen atoms in total. The van der Waals surface area contributed by atoms with Gasteiger partial charge in [0.25, 0.3) is 0 Å². The predicted molar refractivity (Wildman–Crippen MR) is 125 cm³/mol. The maximum atomic E-state index is 13.5. The number of pyridine rings is 1. The van der Waals surface area contributed by atoms with E-state index in [1.807, 2.05) is 43.3 Å². The lowest BCUT2D eigenvalue weighted by Gasteiger charge is -2.36. The van der Waals surface area contributed by atoms with Crippen molar-refractivity contribution in [2.75, 3.05) is 18.5 Å². The normalized spacial score (nSPS) is 14.9. The number of hydrogen-bond donors (Lipinski definition) is 1. The van der Waals surface area contributed by atoms with Crippen LogP contribution in [0, 0.1) is 18.3 Å². The Labute approximate surface area is 195 Å². The SMILES string of the molecule is Cc1cc(Oc2ncccc2C#N)ccc1NC(=O)C1(c2ccc(Br)cc2)CCOCC1. The van der Waals surface area contributed by atoms with E-state index < -0.39 is 5.41 Å². The van der Waals surface area contributed by atoms with Crippen LogP contribution in [0.15, 0.2) is 65.3 Å². The molecule has 0 bridgehead atoms. The van der Waals surface area contributed by atoms with E-state index in [9.17, 15) is 10.1 Å². The third-order valence-corrected chi connectivity index (χ3v) is 6.26. The summed E-state index contributed by atoms with van der Waals surface area (Å²) in [6, 6.07) is 18.7. The van der Waals surface area contributed by atoms with Gasteiger partial charge in [0.2, 0.25) is 11.8 Å². The van der Waals surface area contributed by atoms with Gasteiger partial charge >= 0.3 is 0 Å². The molecule has 1 fully saturated rings. The quantitative estimate of drug-likeness (QED) is 0.508. The van der Waals surface area contributed by atoms with Gasteiger partial charge in [-0.3, -0.25) is 4.79 Å². The molecular weight excluding hydrogens is 470 g/mol. The third-order valence-electron chi connectivity index (χ3n) is 5.73. The molecule has 7 heteroatoms. The van der Waals surface area contributed by atoms with Gasteiger partial charge in [-0.15, -0.1) is 0 Å². The number of nitriles is 1. The molecule has 1 saturated heterocycles. The minimum absolute atomic E-state index is 0.0450. The van der Waals surface area contributed by atoms with Gasteiger partial charge in [0, 0.05) is 29.6 Å². The molecule has 1 aliphatic heterocycles. The van der Waals surface area contributed by atoms with Gasteiger partial charge < -0.3 is 14.8 Å². The number of aryl methyl sites for hydroxylation is 1. The molecule has 32 heavy (non-hydrogen) atoms. The van der Waals surface area contributed by atoms with E-state index in [1.54, 1.807) is 24.4 Å². The fourth-order valence-electron chi connectivity index (χ4n) is 3.89. The number of anilines is 1. The number of nitrogens with one attached hydrogen (secondary N) is 1. The van der Waals surface area contributed by atoms with Crippen LogP contribution in [0.5, 0.6) is 11.6 Å². The van der Waals surface area contributed by atoms with Crippen LogP contribution < -0.4 is 10.1 Å². The third kappa shape index (κ3) is 4.52. The first kappa shape index (κ1) is 22.0. The van der Waals surface area contributed by atoms with E-state index in [4.69, 9.17) is 9.47 Å². The number of amides is 1. The largest absolute Gasteiger partial charge is 0.438 e. The first-order chi connectivity index (χ1) is 15.5. The maximum Gasteiger partial charge on any atom is 0.237 e. The van der Waals surface area contributed by atoms with Gasteiger partial charge in [0.1, 0.15) is 17.4 Å². The van der Waals surface area contributed by atoms with Crippen molar-refractivity contribution in [3.63, 3.8) is 0 Å². The average Bonchev–Trinajstić information content (AvgIpc) is 2.82. The molecule has 0 saturated carbocycles. The Morgan fingerprint density at radius 2 is 1.94 bits per heavy atom. The molecular formula is C25H22BrN3O3. The van der Waals surface area contributed by atoms with Crippen LogP contribution in [-0.4, -0.2) is 24.1 Å². The topological polar surface area (TPSA) is 84.2 Å². The van der Waals surface area contributed by atoms with Crippen molar-refractivity contribution in [1.82, 2.24) is 4.98 Å². The van der Waals surface area contributed by atoms with Gasteiger partial charge in [0.05, 0.1) is 5.41 Å². The molecule has 0 aliphatic carbocycles. The first-order valence-corrected chi connectivity index (χ1v) is 11.1. The lowest BCUT2D eigenvalue weighted by molar-refractivity contribution is -0.125. The highest BCUT2D eigenvalue weighted by Gasteiger charge is 2.41. The number of carbonyl (C=O) groups excluding carboxylic acids is 1. The highest BCUT2D eigenvalue weighted by Crippen LogP contribution is 2.37. The van der Waals surface area contributed by atoms with Gasteiger partial charge in [-0.1, -0.05) is 28.1 Å². The van der Waals surface area contributed by atoms with Crippen molar-refractivity contribution in [1.29, 1.82) is 5.26 Å². The summed E-state index contributed by atoms with van der Waals surface area (Å²) in [5.74, 6) is 0.753. The average molecular weight is 492 g/mol. The Morgan fingerprint density at radius 1 is 1.19 bits per heavy atom. The van der Waals surface area contributed by atoms with Crippen LogP contribution in [-0.2, 0) is 14.9 Å². The van der Waals surface area contributed by atoms with E-state index in [0.717, 1.165) is 15.6 Å². The second kappa shape index (κ2) is 9.51. The van der Waals surface area contributed by atoms with Crippen molar-refractivity contribution in [3.05, 3.63) is 82.0 Å². The molecule has 1 aliphatic rings. The summed E-state index contributed by atoms with van der Waals surface area (Å²) in [6.45, 7) is 2.99. The monoisotopic (exact) mass is 491 g/mol. The zero-order chi connectivity index (χ0) is 22.6. The van der Waals surface area contributed by atoms with E-state index in [1.165, 1.54) is 0 Å². The Balaban J connectivity index is 1.56. The van der Waals surface area contributed by atoms with E-state index in [-0.39, 0.29) is 11.8 Å². The van der Waals surface area contributed by atoms with Crippen molar-refractivity contribution in [2.24, 2.45) is 0 Å². The molecule has 162 valence electrons. The Morgan fingerprint density at radius 3 is 2.62 bits per heavy atom. The molecule has 2 heterocycles. The number of aromatic nitrogens is 1. The summed E-state index contributed by atoms with van der Waals surface area (Å²) in [4.78, 5) is 17.7. The minimum Gasteiger partial charge on any atom is -0.438 e. The van der Waals surface area contributed by atoms with Gasteiger partial charge in [-0.25, -0.2) is 4.98 Å². The van der Waals surface area contributed by atoms with Crippen molar-refractivity contribution in [3.8, 4) is 17.7 Å². The van der Waals surface area contributed by atoms with E-state index in [0.29, 0.717) is 43.1 Å². The van der Waals surface area contributed by atoms with Crippen molar-refractivity contribution < 1.29 is 14.3 Å². The summed E-state index contributed by atoms with van der Waals surface area (Å²) < 4.78 is 12.3. The molecule has 0 atom stereocenters. The number of ether oxygens (including phenoxy) is 2. The molecule has 2 aromatic carbocycles. The number of nitrogens with zero attached hydrogens (tertiary/aromatic N) is 2. The Hall–Kier alpha value is -3.21. The fourth-order valence-corrected chi connectivity index (χ4v) is 4.15. The summed E-state index contributed by atoms with van der Waals surface area (Å²) >= 11 is 3.47. The smallest absolute Gasteiger partial charge is 0.237 e. The highest BCUT2D eigenvalue weighted by molar-refractivity contribution is 9.10. The molecule has 1 aromatic heterocycles. The van der Waals surface area contributed by atoms with Gasteiger partial charge in [-0.2, -0.15) is 5.26 Å². The molecule has 4 rings (SSSR count). The van der Waals surface area contributed by atoms with Crippen LogP contribution in [0.1, 0.15) is 29.5 Å². The summed E-state index contributed by atoms with van der Waals surface area (Å²) in [7, 11) is 0. The van der Waals surface area contributed by atoms with Crippen LogP contribution in [0.4, 0.5) is 5.69 Å². The predicted octanol–water partition coefficient (Wildman–Crippen LogP) is 5.50. The van der Waals surface area contributed by atoms with E-state index >= 15 is 0 Å². The Kier molecular flexibility index (Phi) is 6.54. The van der Waals surface area contributed by atoms with Gasteiger partial charge in [0.15, 0.2) is 0 Å². The molecule has 3 aromatic rings. The first-order valence-electron chi connectivity index (χ1n) is 10.3. The van der Waals surface area contributed by atoms with Crippen LogP contribution in [0.2, 0.25) is 0 Å². The van der Waals surface area contributed by atoms with Crippen molar-refractivity contribution >= 4 is 27.5 Å². The zero-order valence-electron chi connectivity index (χ0n) is 17.6. The molecule has 0 spiro atoms. The van der Waals surface area contributed by atoms with Gasteiger partial charge in [-0.05, 0) is 73.4 Å². The number of halogens is 1. The standard InChI is InChI=1S/C25H22BrN3O3/c1-17-15-21(32-23-18(16-27)3-2-12-28-23)8-9-22(17)29-24(30)25(10-13-31-14-11-25)19-4-6-20(26)7-5-19/h2-9,12,15H,10-11,13-14H2,1H3,(H,29,30). The summed E-state index contributed by atoms with van der Waals surface area (Å²) in [6.07, 6.45) is 2.82. The van der Waals surface area contributed by atoms with Crippen molar-refractivity contribution in [2.45, 2.75) is 25.2 Å². The number of carbonyl (C=O) groups is 1. The molecule has 1 amide bonds.